The van der Waals surface area contributed by atoms with Crippen molar-refractivity contribution in [3.63, 3.8) is 0 Å². The molecule has 5 amide bonds. The molecule has 0 aromatic carbocycles. The number of allylic oxidation sites excluding steroid dienone is 1. The van der Waals surface area contributed by atoms with Crippen molar-refractivity contribution in [1.29, 1.82) is 0 Å². The molecule has 13 heteroatoms. The van der Waals surface area contributed by atoms with E-state index in [2.05, 4.69) is 28.2 Å². The number of carbonyl (C=O) groups is 5. The molecule has 3 atom stereocenters. The normalized spacial score (nSPS) is 12.9. The maximum Gasteiger partial charge on any atom is 0.244 e. The van der Waals surface area contributed by atoms with Gasteiger partial charge in [-0.15, -0.1) is 0 Å². The maximum atomic E-state index is 13.4. The van der Waals surface area contributed by atoms with Crippen LogP contribution in [0.2, 0.25) is 0 Å². The molecule has 12 N–H and O–H groups in total. The molecule has 3 unspecified atom stereocenters. The zero-order valence-electron chi connectivity index (χ0n) is 34.7. The van der Waals surface area contributed by atoms with Crippen LogP contribution in [-0.2, 0) is 24.0 Å². The Hall–Kier alpha value is -3.03. The minimum Gasteiger partial charge on any atom is -0.368 e. The largest absolute Gasteiger partial charge is 0.368 e. The first-order chi connectivity index (χ1) is 26.7. The summed E-state index contributed by atoms with van der Waals surface area (Å²) in [7, 11) is 0. The van der Waals surface area contributed by atoms with Gasteiger partial charge in [-0.2, -0.15) is 0 Å². The van der Waals surface area contributed by atoms with Crippen LogP contribution in [0.5, 0.6) is 0 Å². The van der Waals surface area contributed by atoms with Crippen molar-refractivity contribution in [1.82, 2.24) is 21.3 Å². The Morgan fingerprint density at radius 1 is 0.509 bits per heavy atom. The molecule has 0 aromatic heterocycles. The number of primary amides is 1. The molecule has 0 aromatic rings. The summed E-state index contributed by atoms with van der Waals surface area (Å²) in [6.07, 6.45) is 28.1. The maximum absolute atomic E-state index is 13.4. The Kier molecular flexibility index (Phi) is 35.8. The molecule has 0 bridgehead atoms. The molecule has 55 heavy (non-hydrogen) atoms. The number of nitrogens with one attached hydrogen (secondary N) is 4. The molecule has 0 rings (SSSR count). The Morgan fingerprint density at radius 2 is 0.982 bits per heavy atom. The van der Waals surface area contributed by atoms with E-state index >= 15 is 0 Å². The topological polar surface area (TPSA) is 238 Å². The summed E-state index contributed by atoms with van der Waals surface area (Å²) >= 11 is 0. The molecule has 0 aliphatic carbocycles. The molecule has 13 nitrogen and oxygen atoms in total. The molecular weight excluding hydrogens is 697 g/mol. The highest BCUT2D eigenvalue weighted by Crippen LogP contribution is 2.12. The summed E-state index contributed by atoms with van der Waals surface area (Å²) in [6, 6.07) is -2.06. The van der Waals surface area contributed by atoms with Crippen molar-refractivity contribution in [2.24, 2.45) is 22.9 Å². The minimum absolute atomic E-state index is 0.128. The van der Waals surface area contributed by atoms with Crippen LogP contribution in [0.3, 0.4) is 0 Å². The molecule has 0 saturated carbocycles. The second kappa shape index (κ2) is 37.9. The van der Waals surface area contributed by atoms with Crippen LogP contribution >= 0.6 is 0 Å². The summed E-state index contributed by atoms with van der Waals surface area (Å²) in [5.41, 5.74) is 22.3. The van der Waals surface area contributed by atoms with Crippen molar-refractivity contribution in [2.75, 3.05) is 26.2 Å². The smallest absolute Gasteiger partial charge is 0.244 e. The Labute approximate surface area is 333 Å². The van der Waals surface area contributed by atoms with Crippen LogP contribution in [0.1, 0.15) is 180 Å². The fraction of sp³-hybridized carbons (Fsp3) is 0.833. The van der Waals surface area contributed by atoms with E-state index in [1.54, 1.807) is 0 Å². The van der Waals surface area contributed by atoms with Crippen LogP contribution in [0.15, 0.2) is 12.2 Å². The molecule has 0 radical (unpaired) electrons. The number of hydrogen-bond donors (Lipinski definition) is 8. The van der Waals surface area contributed by atoms with Gasteiger partial charge in [0.15, 0.2) is 0 Å². The lowest BCUT2D eigenvalue weighted by Gasteiger charge is -2.23. The third kappa shape index (κ3) is 31.8. The number of nitrogens with two attached hydrogens (primary N) is 4. The van der Waals surface area contributed by atoms with Gasteiger partial charge in [-0.05, 0) is 109 Å². The second-order valence-corrected chi connectivity index (χ2v) is 15.0. The lowest BCUT2D eigenvalue weighted by atomic mass is 10.0. The van der Waals surface area contributed by atoms with Gasteiger partial charge in [-0.3, -0.25) is 24.0 Å². The molecule has 320 valence electrons. The van der Waals surface area contributed by atoms with Gasteiger partial charge < -0.3 is 44.2 Å². The van der Waals surface area contributed by atoms with Gasteiger partial charge in [0, 0.05) is 13.0 Å². The van der Waals surface area contributed by atoms with Crippen LogP contribution in [0, 0.1) is 0 Å². The lowest BCUT2D eigenvalue weighted by molar-refractivity contribution is -0.131. The highest BCUT2D eigenvalue weighted by Gasteiger charge is 2.26. The van der Waals surface area contributed by atoms with Crippen LogP contribution in [0.25, 0.3) is 0 Å². The van der Waals surface area contributed by atoms with Gasteiger partial charge in [-0.25, -0.2) is 0 Å². The standard InChI is InChI=1S/C42H82N8O5/c1-2-3-4-5-6-8-11-15-18-30-39(52)49-37(28-21-24-33-45)42(55)50-36(27-20-23-32-44)41(54)47-34-25-16-13-10-7-9-12-14-17-29-38(51)48-35(40(46)53)26-19-22-31-43/h18,30,35-37H,2-17,19-29,31-34,43-45H2,1H3,(H2,46,53)(H,47,54)(H,48,51)(H,49,52)(H,50,55)/b30-18+. The molecule has 0 aliphatic heterocycles. The van der Waals surface area contributed by atoms with Gasteiger partial charge in [0.25, 0.3) is 0 Å². The molecule has 0 saturated heterocycles. The first kappa shape index (κ1) is 52.0. The first-order valence-corrected chi connectivity index (χ1v) is 21.9. The third-order valence-electron chi connectivity index (χ3n) is 9.91. The zero-order chi connectivity index (χ0) is 40.8. The second-order valence-electron chi connectivity index (χ2n) is 15.0. The Balaban J connectivity index is 4.53. The third-order valence-corrected chi connectivity index (χ3v) is 9.91. The molecule has 0 fully saturated rings. The van der Waals surface area contributed by atoms with Gasteiger partial charge in [0.05, 0.1) is 0 Å². The van der Waals surface area contributed by atoms with E-state index in [0.717, 1.165) is 103 Å². The highest BCUT2D eigenvalue weighted by molar-refractivity contribution is 5.94. The monoisotopic (exact) mass is 779 g/mol. The Bertz CT molecular complexity index is 1030. The van der Waals surface area contributed by atoms with Gasteiger partial charge in [-0.1, -0.05) is 96.5 Å². The summed E-state index contributed by atoms with van der Waals surface area (Å²) in [4.78, 5) is 63.1. The number of carbonyl (C=O) groups excluding carboxylic acids is 5. The van der Waals surface area contributed by atoms with Gasteiger partial charge in [0.1, 0.15) is 18.1 Å². The number of rotatable bonds is 39. The fourth-order valence-electron chi connectivity index (χ4n) is 6.45. The summed E-state index contributed by atoms with van der Waals surface area (Å²) in [5.74, 6) is -1.50. The van der Waals surface area contributed by atoms with Crippen LogP contribution < -0.4 is 44.2 Å². The predicted molar refractivity (Wildman–Crippen MR) is 225 cm³/mol. The molecule has 0 aliphatic rings. The van der Waals surface area contributed by atoms with Gasteiger partial charge >= 0.3 is 0 Å². The number of amides is 5. The zero-order valence-corrected chi connectivity index (χ0v) is 34.7. The van der Waals surface area contributed by atoms with E-state index in [4.69, 9.17) is 22.9 Å². The fourth-order valence-corrected chi connectivity index (χ4v) is 6.45. The summed E-state index contributed by atoms with van der Waals surface area (Å²) < 4.78 is 0. The highest BCUT2D eigenvalue weighted by atomic mass is 16.2. The van der Waals surface area contributed by atoms with E-state index in [-0.39, 0.29) is 23.6 Å². The minimum atomic E-state index is -0.746. The van der Waals surface area contributed by atoms with E-state index in [9.17, 15) is 24.0 Å². The SMILES string of the molecule is CCCCCCCCC/C=C/C(=O)NC(CCCCN)C(=O)NC(CCCCN)C(=O)NCCCCCCCCCCCC(=O)NC(CCCCN)C(N)=O. The quantitative estimate of drug-likeness (QED) is 0.0311. The van der Waals surface area contributed by atoms with Crippen molar-refractivity contribution in [3.8, 4) is 0 Å². The predicted octanol–water partition coefficient (Wildman–Crippen LogP) is 5.03. The molecule has 0 spiro atoms. The number of unbranched alkanes of at least 4 members (excludes halogenated alkanes) is 18. The van der Waals surface area contributed by atoms with Crippen LogP contribution in [-0.4, -0.2) is 73.8 Å². The van der Waals surface area contributed by atoms with Crippen molar-refractivity contribution < 1.29 is 24.0 Å². The summed E-state index contributed by atoms with van der Waals surface area (Å²) in [6.45, 7) is 4.32. The van der Waals surface area contributed by atoms with Gasteiger partial charge in [0.2, 0.25) is 29.5 Å². The first-order valence-electron chi connectivity index (χ1n) is 21.9. The van der Waals surface area contributed by atoms with E-state index < -0.39 is 24.0 Å². The molecular formula is C42H82N8O5. The van der Waals surface area contributed by atoms with Crippen LogP contribution in [0.4, 0.5) is 0 Å². The van der Waals surface area contributed by atoms with Crippen molar-refractivity contribution in [3.05, 3.63) is 12.2 Å². The lowest BCUT2D eigenvalue weighted by Crippen LogP contribution is -2.53. The van der Waals surface area contributed by atoms with E-state index in [1.807, 2.05) is 6.08 Å². The van der Waals surface area contributed by atoms with Crippen molar-refractivity contribution >= 4 is 29.5 Å². The Morgan fingerprint density at radius 3 is 1.51 bits per heavy atom. The average molecular weight is 779 g/mol. The number of hydrogen-bond acceptors (Lipinski definition) is 8. The summed E-state index contributed by atoms with van der Waals surface area (Å²) in [5, 5.41) is 11.5. The van der Waals surface area contributed by atoms with E-state index in [0.29, 0.717) is 64.7 Å². The average Bonchev–Trinajstić information content (AvgIpc) is 3.16. The van der Waals surface area contributed by atoms with Crippen molar-refractivity contribution in [2.45, 2.75) is 198 Å². The van der Waals surface area contributed by atoms with E-state index in [1.165, 1.54) is 38.2 Å². The molecule has 0 heterocycles.